The largest absolute Gasteiger partial charge is 0.495 e. The van der Waals surface area contributed by atoms with Crippen LogP contribution in [0.1, 0.15) is 15.9 Å². The number of amides is 1. The van der Waals surface area contributed by atoms with E-state index >= 15 is 0 Å². The maximum atomic E-state index is 12.9. The van der Waals surface area contributed by atoms with Gasteiger partial charge in [0.2, 0.25) is 9.84 Å². The van der Waals surface area contributed by atoms with Crippen LogP contribution in [0.4, 0.5) is 0 Å². The summed E-state index contributed by atoms with van der Waals surface area (Å²) in [5, 5.41) is 3.16. The Kier molecular flexibility index (Phi) is 5.67. The second-order valence-electron chi connectivity index (χ2n) is 6.74. The molecular formula is C22H18ClN3O4S. The number of hydrogen-bond donors (Lipinski definition) is 1. The van der Waals surface area contributed by atoms with Gasteiger partial charge in [-0.05, 0) is 42.0 Å². The first kappa shape index (κ1) is 20.9. The van der Waals surface area contributed by atoms with Gasteiger partial charge in [0.15, 0.2) is 0 Å². The molecule has 0 aliphatic carbocycles. The quantitative estimate of drug-likeness (QED) is 0.478. The number of aromatic nitrogens is 2. The van der Waals surface area contributed by atoms with Crippen LogP contribution in [0.5, 0.6) is 5.75 Å². The number of ether oxygens (including phenoxy) is 1. The van der Waals surface area contributed by atoms with Gasteiger partial charge in [-0.15, -0.1) is 0 Å². The lowest BCUT2D eigenvalue weighted by atomic mass is 10.2. The van der Waals surface area contributed by atoms with Crippen molar-refractivity contribution >= 4 is 33.0 Å². The number of carbonyl (C=O) groups is 1. The lowest BCUT2D eigenvalue weighted by Crippen LogP contribution is -2.23. The average molecular weight is 456 g/mol. The van der Waals surface area contributed by atoms with Crippen LogP contribution in [-0.2, 0) is 16.4 Å². The summed E-state index contributed by atoms with van der Waals surface area (Å²) in [5.74, 6) is 0.0523. The molecule has 0 saturated carbocycles. The zero-order valence-electron chi connectivity index (χ0n) is 16.4. The highest BCUT2D eigenvalue weighted by Crippen LogP contribution is 2.30. The van der Waals surface area contributed by atoms with Crippen molar-refractivity contribution in [2.75, 3.05) is 7.11 Å². The third kappa shape index (κ3) is 4.26. The molecule has 4 aromatic rings. The van der Waals surface area contributed by atoms with Crippen molar-refractivity contribution < 1.29 is 17.9 Å². The van der Waals surface area contributed by atoms with Crippen LogP contribution in [0.2, 0.25) is 5.02 Å². The molecule has 0 radical (unpaired) electrons. The van der Waals surface area contributed by atoms with Gasteiger partial charge in [-0.25, -0.2) is 13.4 Å². The number of benzene rings is 2. The van der Waals surface area contributed by atoms with Gasteiger partial charge in [0.1, 0.15) is 11.4 Å². The number of fused-ring (bicyclic) bond motifs is 1. The predicted octanol–water partition coefficient (Wildman–Crippen LogP) is 3.76. The summed E-state index contributed by atoms with van der Waals surface area (Å²) in [4.78, 5) is 16.8. The minimum Gasteiger partial charge on any atom is -0.495 e. The molecule has 0 aliphatic rings. The van der Waals surface area contributed by atoms with Crippen molar-refractivity contribution in [1.29, 1.82) is 0 Å². The number of nitrogens with zero attached hydrogens (tertiary/aromatic N) is 2. The highest BCUT2D eigenvalue weighted by atomic mass is 35.5. The second kappa shape index (κ2) is 8.41. The Labute approximate surface area is 184 Å². The monoisotopic (exact) mass is 455 g/mol. The van der Waals surface area contributed by atoms with E-state index in [0.29, 0.717) is 10.6 Å². The summed E-state index contributed by atoms with van der Waals surface area (Å²) in [5.41, 5.74) is 2.03. The topological polar surface area (TPSA) is 89.8 Å². The van der Waals surface area contributed by atoms with Crippen LogP contribution in [0.25, 0.3) is 5.65 Å². The van der Waals surface area contributed by atoms with Crippen molar-refractivity contribution in [3.05, 3.63) is 89.3 Å². The fourth-order valence-electron chi connectivity index (χ4n) is 3.07. The molecule has 0 atom stereocenters. The van der Waals surface area contributed by atoms with E-state index in [1.54, 1.807) is 47.3 Å². The second-order valence-corrected chi connectivity index (χ2v) is 9.09. The maximum absolute atomic E-state index is 12.9. The standard InChI is InChI=1S/C22H18ClN3O4S/c1-30-20-12-18(7-8-19(20)23)31(28,29)17-5-2-15(3-6-17)13-25-22(27)16-4-9-21-24-10-11-26(21)14-16/h2-12,14H,13H2,1H3,(H,25,27). The van der Waals surface area contributed by atoms with E-state index in [2.05, 4.69) is 10.3 Å². The molecule has 0 unspecified atom stereocenters. The molecule has 4 rings (SSSR count). The summed E-state index contributed by atoms with van der Waals surface area (Å²) < 4.78 is 32.6. The van der Waals surface area contributed by atoms with Gasteiger partial charge in [0, 0.05) is 31.2 Å². The zero-order valence-corrected chi connectivity index (χ0v) is 18.0. The smallest absolute Gasteiger partial charge is 0.253 e. The van der Waals surface area contributed by atoms with Gasteiger partial charge >= 0.3 is 0 Å². The number of carbonyl (C=O) groups excluding carboxylic acids is 1. The molecule has 1 N–H and O–H groups in total. The number of hydrogen-bond acceptors (Lipinski definition) is 5. The first-order valence-electron chi connectivity index (χ1n) is 9.27. The number of imidazole rings is 1. The molecule has 7 nitrogen and oxygen atoms in total. The summed E-state index contributed by atoms with van der Waals surface area (Å²) >= 11 is 5.98. The van der Waals surface area contributed by atoms with Crippen molar-refractivity contribution in [1.82, 2.24) is 14.7 Å². The Morgan fingerprint density at radius 1 is 1.10 bits per heavy atom. The SMILES string of the molecule is COc1cc(S(=O)(=O)c2ccc(CNC(=O)c3ccc4nccn4c3)cc2)ccc1Cl. The van der Waals surface area contributed by atoms with E-state index in [4.69, 9.17) is 16.3 Å². The number of halogens is 1. The molecule has 2 aromatic heterocycles. The van der Waals surface area contributed by atoms with Gasteiger partial charge < -0.3 is 14.5 Å². The lowest BCUT2D eigenvalue weighted by Gasteiger charge is -2.09. The first-order chi connectivity index (χ1) is 14.9. The number of methoxy groups -OCH3 is 1. The van der Waals surface area contributed by atoms with Crippen LogP contribution in [0.15, 0.2) is 83.0 Å². The first-order valence-corrected chi connectivity index (χ1v) is 11.1. The average Bonchev–Trinajstić information content (AvgIpc) is 3.26. The molecule has 9 heteroatoms. The van der Waals surface area contributed by atoms with Gasteiger partial charge in [-0.1, -0.05) is 23.7 Å². The predicted molar refractivity (Wildman–Crippen MR) is 116 cm³/mol. The number of rotatable bonds is 6. The number of pyridine rings is 1. The Bertz CT molecular complexity index is 1370. The summed E-state index contributed by atoms with van der Waals surface area (Å²) in [6.07, 6.45) is 5.13. The molecule has 0 bridgehead atoms. The van der Waals surface area contributed by atoms with Gasteiger partial charge in [-0.3, -0.25) is 4.79 Å². The van der Waals surface area contributed by atoms with Crippen molar-refractivity contribution in [3.63, 3.8) is 0 Å². The maximum Gasteiger partial charge on any atom is 0.253 e. The normalized spacial score (nSPS) is 11.4. The van der Waals surface area contributed by atoms with E-state index in [-0.39, 0.29) is 28.0 Å². The fraction of sp³-hybridized carbons (Fsp3) is 0.0909. The van der Waals surface area contributed by atoms with E-state index < -0.39 is 9.84 Å². The zero-order chi connectivity index (χ0) is 22.0. The Hall–Kier alpha value is -3.36. The van der Waals surface area contributed by atoms with Crippen LogP contribution >= 0.6 is 11.6 Å². The number of sulfone groups is 1. The molecule has 2 heterocycles. The Morgan fingerprint density at radius 2 is 1.84 bits per heavy atom. The molecule has 0 aliphatic heterocycles. The van der Waals surface area contributed by atoms with Crippen molar-refractivity contribution in [2.45, 2.75) is 16.3 Å². The van der Waals surface area contributed by atoms with E-state index in [0.717, 1.165) is 11.2 Å². The molecule has 158 valence electrons. The van der Waals surface area contributed by atoms with Crippen LogP contribution in [0, 0.1) is 0 Å². The third-order valence-electron chi connectivity index (χ3n) is 4.77. The fourth-order valence-corrected chi connectivity index (χ4v) is 4.54. The highest BCUT2D eigenvalue weighted by molar-refractivity contribution is 7.91. The molecular weight excluding hydrogens is 438 g/mol. The van der Waals surface area contributed by atoms with Gasteiger partial charge in [-0.2, -0.15) is 0 Å². The van der Waals surface area contributed by atoms with Gasteiger partial charge in [0.05, 0.1) is 27.5 Å². The van der Waals surface area contributed by atoms with Crippen molar-refractivity contribution in [2.24, 2.45) is 0 Å². The third-order valence-corrected chi connectivity index (χ3v) is 6.85. The summed E-state index contributed by atoms with van der Waals surface area (Å²) in [6.45, 7) is 0.260. The van der Waals surface area contributed by atoms with E-state index in [1.165, 1.54) is 37.4 Å². The van der Waals surface area contributed by atoms with E-state index in [1.807, 2.05) is 0 Å². The van der Waals surface area contributed by atoms with Gasteiger partial charge in [0.25, 0.3) is 5.91 Å². The number of nitrogens with one attached hydrogen (secondary N) is 1. The Morgan fingerprint density at radius 3 is 2.58 bits per heavy atom. The van der Waals surface area contributed by atoms with Crippen molar-refractivity contribution in [3.8, 4) is 5.75 Å². The summed E-state index contributed by atoms with van der Waals surface area (Å²) in [7, 11) is -2.30. The molecule has 0 spiro atoms. The van der Waals surface area contributed by atoms with Crippen LogP contribution in [-0.4, -0.2) is 30.8 Å². The van der Waals surface area contributed by atoms with E-state index in [9.17, 15) is 13.2 Å². The molecule has 0 fully saturated rings. The van der Waals surface area contributed by atoms with Crippen LogP contribution < -0.4 is 10.1 Å². The minimum absolute atomic E-state index is 0.0877. The minimum atomic E-state index is -3.73. The molecule has 1 amide bonds. The molecule has 0 saturated heterocycles. The Balaban J connectivity index is 1.47. The molecule has 2 aromatic carbocycles. The highest BCUT2D eigenvalue weighted by Gasteiger charge is 2.19. The molecule has 31 heavy (non-hydrogen) atoms. The lowest BCUT2D eigenvalue weighted by molar-refractivity contribution is 0.0950. The van der Waals surface area contributed by atoms with Crippen LogP contribution in [0.3, 0.4) is 0 Å². The summed E-state index contributed by atoms with van der Waals surface area (Å²) in [6, 6.07) is 14.1.